The van der Waals surface area contributed by atoms with Crippen molar-refractivity contribution < 1.29 is 5.11 Å². The smallest absolute Gasteiger partial charge is 0.189 e. The van der Waals surface area contributed by atoms with Crippen LogP contribution in [0, 0.1) is 0 Å². The Hall–Kier alpha value is -2.95. The zero-order valence-electron chi connectivity index (χ0n) is 11.1. The summed E-state index contributed by atoms with van der Waals surface area (Å²) in [6.45, 7) is 0. The predicted octanol–water partition coefficient (Wildman–Crippen LogP) is 2.80. The number of fused-ring (bicyclic) bond motifs is 2. The first-order valence-corrected chi connectivity index (χ1v) is 6.65. The number of rotatable bonds is 2. The number of aromatic nitrogens is 4. The summed E-state index contributed by atoms with van der Waals surface area (Å²) in [5, 5.41) is 11.5. The molecule has 5 heteroatoms. The van der Waals surface area contributed by atoms with Crippen LogP contribution < -0.4 is 0 Å². The molecule has 0 radical (unpaired) electrons. The van der Waals surface area contributed by atoms with Crippen molar-refractivity contribution in [3.63, 3.8) is 0 Å². The summed E-state index contributed by atoms with van der Waals surface area (Å²) in [5.74, 6) is 0.179. The highest BCUT2D eigenvalue weighted by atomic mass is 16.3. The second-order valence-electron chi connectivity index (χ2n) is 4.95. The van der Waals surface area contributed by atoms with Crippen LogP contribution in [0.3, 0.4) is 0 Å². The van der Waals surface area contributed by atoms with Gasteiger partial charge in [-0.2, -0.15) is 0 Å². The molecule has 0 saturated heterocycles. The van der Waals surface area contributed by atoms with Gasteiger partial charge in [-0.3, -0.25) is 0 Å². The molecule has 3 aromatic heterocycles. The molecule has 3 heterocycles. The Balaban J connectivity index is 1.78. The van der Waals surface area contributed by atoms with Crippen molar-refractivity contribution >= 4 is 21.9 Å². The molecular weight excluding hydrogens is 264 g/mol. The standard InChI is InChI=1S/C16H12N4O/c21-15-8-11-6-10(3-4-13(11)20-15)7-14-12-2-1-5-17-16(12)19-9-18-14/h1-6,8-9,20-21H,7H2. The van der Waals surface area contributed by atoms with Crippen LogP contribution >= 0.6 is 0 Å². The predicted molar refractivity (Wildman–Crippen MR) is 80.1 cm³/mol. The van der Waals surface area contributed by atoms with Crippen LogP contribution in [0.4, 0.5) is 0 Å². The first-order chi connectivity index (χ1) is 10.3. The fraction of sp³-hybridized carbons (Fsp3) is 0.0625. The lowest BCUT2D eigenvalue weighted by Gasteiger charge is -2.04. The molecule has 0 unspecified atom stereocenters. The molecule has 0 amide bonds. The number of aromatic hydroxyl groups is 1. The van der Waals surface area contributed by atoms with Gasteiger partial charge in [0.15, 0.2) is 11.5 Å². The fourth-order valence-electron chi connectivity index (χ4n) is 2.56. The number of H-pyrrole nitrogens is 1. The highest BCUT2D eigenvalue weighted by Gasteiger charge is 2.06. The normalized spacial score (nSPS) is 11.2. The van der Waals surface area contributed by atoms with E-state index in [1.54, 1.807) is 18.6 Å². The average Bonchev–Trinajstić information content (AvgIpc) is 2.87. The van der Waals surface area contributed by atoms with Gasteiger partial charge in [0.25, 0.3) is 0 Å². The maximum atomic E-state index is 9.49. The second kappa shape index (κ2) is 4.56. The summed E-state index contributed by atoms with van der Waals surface area (Å²) in [7, 11) is 0. The van der Waals surface area contributed by atoms with Gasteiger partial charge in [0, 0.05) is 35.0 Å². The number of nitrogens with one attached hydrogen (secondary N) is 1. The molecule has 0 fully saturated rings. The minimum absolute atomic E-state index is 0.179. The van der Waals surface area contributed by atoms with Gasteiger partial charge in [0.1, 0.15) is 6.33 Å². The number of nitrogens with zero attached hydrogens (tertiary/aromatic N) is 3. The largest absolute Gasteiger partial charge is 0.495 e. The van der Waals surface area contributed by atoms with Crippen LogP contribution in [0.1, 0.15) is 11.3 Å². The average molecular weight is 276 g/mol. The molecule has 102 valence electrons. The van der Waals surface area contributed by atoms with Crippen molar-refractivity contribution in [2.24, 2.45) is 0 Å². The van der Waals surface area contributed by atoms with Gasteiger partial charge in [0.2, 0.25) is 0 Å². The third-order valence-electron chi connectivity index (χ3n) is 3.53. The Morgan fingerprint density at radius 2 is 2.00 bits per heavy atom. The maximum Gasteiger partial charge on any atom is 0.189 e. The first kappa shape index (κ1) is 11.8. The summed E-state index contributed by atoms with van der Waals surface area (Å²) in [5.41, 5.74) is 3.71. The highest BCUT2D eigenvalue weighted by molar-refractivity contribution is 5.82. The van der Waals surface area contributed by atoms with Gasteiger partial charge in [-0.1, -0.05) is 6.07 Å². The third kappa shape index (κ3) is 2.08. The van der Waals surface area contributed by atoms with E-state index in [4.69, 9.17) is 0 Å². The number of aromatic amines is 1. The van der Waals surface area contributed by atoms with Crippen molar-refractivity contribution in [2.45, 2.75) is 6.42 Å². The number of benzene rings is 1. The van der Waals surface area contributed by atoms with E-state index in [-0.39, 0.29) is 5.88 Å². The van der Waals surface area contributed by atoms with Gasteiger partial charge in [-0.05, 0) is 29.8 Å². The Kier molecular flexibility index (Phi) is 2.57. The summed E-state index contributed by atoms with van der Waals surface area (Å²) < 4.78 is 0. The number of hydrogen-bond acceptors (Lipinski definition) is 4. The SMILES string of the molecule is Oc1cc2cc(Cc3ncnc4ncccc34)ccc2[nH]1. The third-order valence-corrected chi connectivity index (χ3v) is 3.53. The molecule has 5 nitrogen and oxygen atoms in total. The molecule has 0 saturated carbocycles. The molecule has 21 heavy (non-hydrogen) atoms. The van der Waals surface area contributed by atoms with Gasteiger partial charge in [-0.25, -0.2) is 15.0 Å². The summed E-state index contributed by atoms with van der Waals surface area (Å²) in [6.07, 6.45) is 3.98. The Morgan fingerprint density at radius 3 is 2.95 bits per heavy atom. The maximum absolute atomic E-state index is 9.49. The molecule has 0 bridgehead atoms. The van der Waals surface area contributed by atoms with E-state index in [9.17, 15) is 5.11 Å². The molecule has 2 N–H and O–H groups in total. The van der Waals surface area contributed by atoms with E-state index in [0.29, 0.717) is 12.1 Å². The Labute approximate surface area is 120 Å². The van der Waals surface area contributed by atoms with Crippen LogP contribution in [-0.4, -0.2) is 25.0 Å². The zero-order chi connectivity index (χ0) is 14.2. The Morgan fingerprint density at radius 1 is 1.05 bits per heavy atom. The summed E-state index contributed by atoms with van der Waals surface area (Å²) in [6, 6.07) is 11.6. The molecule has 0 atom stereocenters. The lowest BCUT2D eigenvalue weighted by Crippen LogP contribution is -1.96. The molecule has 0 aliphatic rings. The van der Waals surface area contributed by atoms with Gasteiger partial charge in [0.05, 0.1) is 5.69 Å². The Bertz CT molecular complexity index is 940. The molecule has 0 aliphatic carbocycles. The lowest BCUT2D eigenvalue weighted by molar-refractivity contribution is 0.458. The van der Waals surface area contributed by atoms with Crippen molar-refractivity contribution in [1.29, 1.82) is 0 Å². The lowest BCUT2D eigenvalue weighted by atomic mass is 10.1. The second-order valence-corrected chi connectivity index (χ2v) is 4.95. The van der Waals surface area contributed by atoms with Crippen LogP contribution in [0.2, 0.25) is 0 Å². The van der Waals surface area contributed by atoms with Crippen molar-refractivity contribution in [3.8, 4) is 5.88 Å². The first-order valence-electron chi connectivity index (χ1n) is 6.65. The number of pyridine rings is 1. The van der Waals surface area contributed by atoms with Crippen molar-refractivity contribution in [3.05, 3.63) is 60.2 Å². The van der Waals surface area contributed by atoms with Crippen LogP contribution in [0.25, 0.3) is 21.9 Å². The van der Waals surface area contributed by atoms with Crippen LogP contribution in [0.15, 0.2) is 48.9 Å². The quantitative estimate of drug-likeness (QED) is 0.590. The zero-order valence-corrected chi connectivity index (χ0v) is 11.1. The van der Waals surface area contributed by atoms with Gasteiger partial charge < -0.3 is 10.1 Å². The minimum atomic E-state index is 0.179. The highest BCUT2D eigenvalue weighted by Crippen LogP contribution is 2.23. The van der Waals surface area contributed by atoms with Crippen LogP contribution in [-0.2, 0) is 6.42 Å². The van der Waals surface area contributed by atoms with E-state index < -0.39 is 0 Å². The molecule has 4 aromatic rings. The number of hydrogen-bond donors (Lipinski definition) is 2. The van der Waals surface area contributed by atoms with Crippen molar-refractivity contribution in [1.82, 2.24) is 19.9 Å². The van der Waals surface area contributed by atoms with E-state index >= 15 is 0 Å². The molecule has 4 rings (SSSR count). The van der Waals surface area contributed by atoms with E-state index in [0.717, 1.165) is 27.5 Å². The fourth-order valence-corrected chi connectivity index (χ4v) is 2.56. The van der Waals surface area contributed by atoms with Crippen LogP contribution in [0.5, 0.6) is 5.88 Å². The summed E-state index contributed by atoms with van der Waals surface area (Å²) >= 11 is 0. The van der Waals surface area contributed by atoms with E-state index in [1.807, 2.05) is 24.3 Å². The molecular formula is C16H12N4O. The molecule has 0 spiro atoms. The molecule has 0 aliphatic heterocycles. The summed E-state index contributed by atoms with van der Waals surface area (Å²) in [4.78, 5) is 15.7. The molecule has 1 aromatic carbocycles. The van der Waals surface area contributed by atoms with E-state index in [2.05, 4.69) is 26.0 Å². The van der Waals surface area contributed by atoms with E-state index in [1.165, 1.54) is 0 Å². The monoisotopic (exact) mass is 276 g/mol. The minimum Gasteiger partial charge on any atom is -0.495 e. The van der Waals surface area contributed by atoms with Gasteiger partial charge >= 0.3 is 0 Å². The van der Waals surface area contributed by atoms with Crippen molar-refractivity contribution in [2.75, 3.05) is 0 Å². The van der Waals surface area contributed by atoms with Gasteiger partial charge in [-0.15, -0.1) is 0 Å². The topological polar surface area (TPSA) is 74.7 Å².